The minimum absolute atomic E-state index is 0.0446. The van der Waals surface area contributed by atoms with Gasteiger partial charge in [0, 0.05) is 18.6 Å². The third kappa shape index (κ3) is 3.93. The van der Waals surface area contributed by atoms with Crippen LogP contribution in [0.2, 0.25) is 0 Å². The first-order valence-electron chi connectivity index (χ1n) is 7.63. The van der Waals surface area contributed by atoms with E-state index in [0.29, 0.717) is 17.9 Å². The highest BCUT2D eigenvalue weighted by molar-refractivity contribution is 5.02. The average Bonchev–Trinajstić information content (AvgIpc) is 2.46. The van der Waals surface area contributed by atoms with E-state index in [2.05, 4.69) is 53.8 Å². The SMILES string of the molecule is CCOC(C(C)C)C(NC)C1CC(C)(C)OC1(C)C. The Balaban J connectivity index is 2.95. The molecule has 19 heavy (non-hydrogen) atoms. The number of hydrogen-bond acceptors (Lipinski definition) is 3. The summed E-state index contributed by atoms with van der Waals surface area (Å²) >= 11 is 0. The van der Waals surface area contributed by atoms with Gasteiger partial charge in [-0.25, -0.2) is 0 Å². The molecule has 1 heterocycles. The topological polar surface area (TPSA) is 30.5 Å². The summed E-state index contributed by atoms with van der Waals surface area (Å²) in [6.07, 6.45) is 1.30. The van der Waals surface area contributed by atoms with Gasteiger partial charge in [0.25, 0.3) is 0 Å². The fraction of sp³-hybridized carbons (Fsp3) is 1.00. The van der Waals surface area contributed by atoms with Crippen molar-refractivity contribution in [3.63, 3.8) is 0 Å². The van der Waals surface area contributed by atoms with Gasteiger partial charge in [-0.1, -0.05) is 13.8 Å². The summed E-state index contributed by atoms with van der Waals surface area (Å²) in [6, 6.07) is 0.330. The van der Waals surface area contributed by atoms with Crippen molar-refractivity contribution in [2.24, 2.45) is 11.8 Å². The Morgan fingerprint density at radius 1 is 1.26 bits per heavy atom. The molecule has 0 spiro atoms. The van der Waals surface area contributed by atoms with Crippen LogP contribution in [0.15, 0.2) is 0 Å². The van der Waals surface area contributed by atoms with Crippen molar-refractivity contribution < 1.29 is 9.47 Å². The summed E-state index contributed by atoms with van der Waals surface area (Å²) in [7, 11) is 2.04. The summed E-state index contributed by atoms with van der Waals surface area (Å²) in [5.41, 5.74) is -0.154. The normalized spacial score (nSPS) is 28.6. The van der Waals surface area contributed by atoms with Gasteiger partial charge in [-0.15, -0.1) is 0 Å². The van der Waals surface area contributed by atoms with Crippen LogP contribution in [0, 0.1) is 11.8 Å². The van der Waals surface area contributed by atoms with E-state index >= 15 is 0 Å². The maximum absolute atomic E-state index is 6.24. The molecule has 1 aliphatic heterocycles. The molecule has 0 aliphatic carbocycles. The lowest BCUT2D eigenvalue weighted by atomic mass is 9.77. The third-order valence-corrected chi connectivity index (χ3v) is 4.28. The lowest BCUT2D eigenvalue weighted by molar-refractivity contribution is -0.0889. The van der Waals surface area contributed by atoms with Crippen LogP contribution in [0.3, 0.4) is 0 Å². The quantitative estimate of drug-likeness (QED) is 0.804. The summed E-state index contributed by atoms with van der Waals surface area (Å²) in [5.74, 6) is 0.961. The zero-order chi connectivity index (χ0) is 14.8. The van der Waals surface area contributed by atoms with Gasteiger partial charge in [-0.05, 0) is 54.0 Å². The second kappa shape index (κ2) is 6.11. The maximum Gasteiger partial charge on any atom is 0.0754 e. The number of likely N-dealkylation sites (N-methyl/N-ethyl adjacent to an activating group) is 1. The van der Waals surface area contributed by atoms with Gasteiger partial charge in [0.2, 0.25) is 0 Å². The number of rotatable bonds is 6. The van der Waals surface area contributed by atoms with Crippen molar-refractivity contribution >= 4 is 0 Å². The molecule has 1 saturated heterocycles. The smallest absolute Gasteiger partial charge is 0.0754 e. The molecule has 0 saturated carbocycles. The zero-order valence-electron chi connectivity index (χ0n) is 14.0. The van der Waals surface area contributed by atoms with Gasteiger partial charge in [-0.2, -0.15) is 0 Å². The summed E-state index contributed by atoms with van der Waals surface area (Å²) in [4.78, 5) is 0. The second-order valence-electron chi connectivity index (χ2n) is 7.25. The zero-order valence-corrected chi connectivity index (χ0v) is 14.0. The van der Waals surface area contributed by atoms with Gasteiger partial charge in [0.1, 0.15) is 0 Å². The molecule has 0 amide bonds. The van der Waals surface area contributed by atoms with Crippen LogP contribution < -0.4 is 5.32 Å². The molecule has 1 N–H and O–H groups in total. The van der Waals surface area contributed by atoms with Crippen molar-refractivity contribution in [2.75, 3.05) is 13.7 Å². The van der Waals surface area contributed by atoms with Crippen molar-refractivity contribution in [1.29, 1.82) is 0 Å². The Bertz CT molecular complexity index is 286. The molecule has 1 rings (SSSR count). The maximum atomic E-state index is 6.24. The minimum atomic E-state index is -0.110. The lowest BCUT2D eigenvalue weighted by Crippen LogP contribution is -2.52. The van der Waals surface area contributed by atoms with Crippen molar-refractivity contribution in [2.45, 2.75) is 78.2 Å². The van der Waals surface area contributed by atoms with E-state index in [0.717, 1.165) is 13.0 Å². The Hall–Kier alpha value is -0.120. The molecule has 1 aliphatic rings. The molecule has 0 radical (unpaired) electrons. The highest BCUT2D eigenvalue weighted by atomic mass is 16.5. The van der Waals surface area contributed by atoms with Crippen molar-refractivity contribution in [1.82, 2.24) is 5.32 Å². The monoisotopic (exact) mass is 271 g/mol. The predicted octanol–water partition coefficient (Wildman–Crippen LogP) is 3.23. The molecule has 3 unspecified atom stereocenters. The number of nitrogens with one attached hydrogen (secondary N) is 1. The van der Waals surface area contributed by atoms with E-state index in [1.54, 1.807) is 0 Å². The van der Waals surface area contributed by atoms with Crippen LogP contribution in [0.4, 0.5) is 0 Å². The average molecular weight is 271 g/mol. The van der Waals surface area contributed by atoms with Crippen LogP contribution in [0.1, 0.15) is 54.9 Å². The molecule has 0 aromatic carbocycles. The first-order chi connectivity index (χ1) is 8.64. The van der Waals surface area contributed by atoms with Crippen LogP contribution in [-0.4, -0.2) is 37.0 Å². The Kier molecular flexibility index (Phi) is 5.44. The van der Waals surface area contributed by atoms with Gasteiger partial charge >= 0.3 is 0 Å². The Morgan fingerprint density at radius 3 is 2.16 bits per heavy atom. The van der Waals surface area contributed by atoms with E-state index < -0.39 is 0 Å². The minimum Gasteiger partial charge on any atom is -0.377 e. The van der Waals surface area contributed by atoms with E-state index in [1.165, 1.54) is 0 Å². The van der Waals surface area contributed by atoms with Gasteiger partial charge in [0.15, 0.2) is 0 Å². The molecule has 1 fully saturated rings. The van der Waals surface area contributed by atoms with Gasteiger partial charge in [-0.3, -0.25) is 0 Å². The van der Waals surface area contributed by atoms with E-state index in [9.17, 15) is 0 Å². The molecule has 0 aromatic heterocycles. The highest BCUT2D eigenvalue weighted by Crippen LogP contribution is 2.44. The molecule has 3 atom stereocenters. The second-order valence-corrected chi connectivity index (χ2v) is 7.25. The number of hydrogen-bond donors (Lipinski definition) is 1. The fourth-order valence-corrected chi connectivity index (χ4v) is 3.66. The van der Waals surface area contributed by atoms with E-state index in [-0.39, 0.29) is 17.3 Å². The first-order valence-corrected chi connectivity index (χ1v) is 7.63. The summed E-state index contributed by atoms with van der Waals surface area (Å²) in [6.45, 7) is 16.1. The standard InChI is InChI=1S/C16H33NO2/c1-9-18-14(11(2)3)13(17-8)12-10-15(4,5)19-16(12,6)7/h11-14,17H,9-10H2,1-8H3. The Morgan fingerprint density at radius 2 is 1.84 bits per heavy atom. The van der Waals surface area contributed by atoms with Crippen LogP contribution >= 0.6 is 0 Å². The molecule has 0 bridgehead atoms. The van der Waals surface area contributed by atoms with Crippen LogP contribution in [0.5, 0.6) is 0 Å². The lowest BCUT2D eigenvalue weighted by Gasteiger charge is -2.38. The highest BCUT2D eigenvalue weighted by Gasteiger charge is 2.50. The van der Waals surface area contributed by atoms with Crippen LogP contribution in [-0.2, 0) is 9.47 Å². The van der Waals surface area contributed by atoms with Crippen molar-refractivity contribution in [3.8, 4) is 0 Å². The summed E-state index contributed by atoms with van der Waals surface area (Å²) in [5, 5.41) is 3.50. The predicted molar refractivity (Wildman–Crippen MR) is 80.4 cm³/mol. The molecule has 3 heteroatoms. The van der Waals surface area contributed by atoms with Gasteiger partial charge in [0.05, 0.1) is 17.3 Å². The van der Waals surface area contributed by atoms with E-state index in [1.807, 2.05) is 7.05 Å². The summed E-state index contributed by atoms with van der Waals surface area (Å²) < 4.78 is 12.3. The van der Waals surface area contributed by atoms with Crippen molar-refractivity contribution in [3.05, 3.63) is 0 Å². The number of ether oxygens (including phenoxy) is 2. The molecule has 3 nitrogen and oxygen atoms in total. The van der Waals surface area contributed by atoms with Gasteiger partial charge < -0.3 is 14.8 Å². The molecule has 114 valence electrons. The third-order valence-electron chi connectivity index (χ3n) is 4.28. The van der Waals surface area contributed by atoms with Crippen LogP contribution in [0.25, 0.3) is 0 Å². The Labute approximate surface area is 119 Å². The van der Waals surface area contributed by atoms with E-state index in [4.69, 9.17) is 9.47 Å². The molecule has 0 aromatic rings. The first kappa shape index (κ1) is 16.9. The molecular weight excluding hydrogens is 238 g/mol. The fourth-order valence-electron chi connectivity index (χ4n) is 3.66. The molecular formula is C16H33NO2. The largest absolute Gasteiger partial charge is 0.377 e.